The molecule has 0 radical (unpaired) electrons. The zero-order valence-corrected chi connectivity index (χ0v) is 11.8. The molecule has 6 nitrogen and oxygen atoms in total. The average Bonchev–Trinajstić information content (AvgIpc) is 3.30. The molecule has 0 amide bonds. The molecule has 0 N–H and O–H groups in total. The molecular formula is C15H16N6. The smallest absolute Gasteiger partial charge is 0.163 e. The minimum Gasteiger partial charge on any atom is -0.349 e. The predicted molar refractivity (Wildman–Crippen MR) is 79.7 cm³/mol. The van der Waals surface area contributed by atoms with Crippen LogP contribution in [0, 0.1) is 0 Å². The highest BCUT2D eigenvalue weighted by Gasteiger charge is 2.31. The minimum absolute atomic E-state index is 0.559. The van der Waals surface area contributed by atoms with E-state index in [0.29, 0.717) is 6.04 Å². The van der Waals surface area contributed by atoms with E-state index in [1.54, 1.807) is 17.2 Å². The maximum atomic E-state index is 4.52. The molecule has 0 aliphatic heterocycles. The molecule has 0 atom stereocenters. The lowest BCUT2D eigenvalue weighted by Gasteiger charge is -2.23. The Morgan fingerprint density at radius 2 is 2.19 bits per heavy atom. The van der Waals surface area contributed by atoms with Crippen molar-refractivity contribution in [2.75, 3.05) is 4.90 Å². The van der Waals surface area contributed by atoms with Crippen molar-refractivity contribution in [1.29, 1.82) is 0 Å². The Labute approximate surface area is 122 Å². The van der Waals surface area contributed by atoms with Crippen molar-refractivity contribution >= 4 is 16.9 Å². The van der Waals surface area contributed by atoms with Gasteiger partial charge >= 0.3 is 0 Å². The molecular weight excluding hydrogens is 264 g/mol. The van der Waals surface area contributed by atoms with Gasteiger partial charge in [-0.05, 0) is 24.5 Å². The van der Waals surface area contributed by atoms with Crippen LogP contribution in [0.1, 0.15) is 18.4 Å². The summed E-state index contributed by atoms with van der Waals surface area (Å²) < 4.78 is 1.79. The van der Waals surface area contributed by atoms with E-state index in [1.165, 1.54) is 18.4 Å². The summed E-state index contributed by atoms with van der Waals surface area (Å²) in [4.78, 5) is 15.4. The summed E-state index contributed by atoms with van der Waals surface area (Å²) in [6.45, 7) is 0.819. The highest BCUT2D eigenvalue weighted by atomic mass is 15.3. The molecule has 1 aliphatic carbocycles. The second-order valence-corrected chi connectivity index (χ2v) is 5.42. The lowest BCUT2D eigenvalue weighted by atomic mass is 10.2. The minimum atomic E-state index is 0.559. The van der Waals surface area contributed by atoms with Crippen molar-refractivity contribution in [3.8, 4) is 0 Å². The van der Waals surface area contributed by atoms with E-state index in [0.717, 1.165) is 23.4 Å². The SMILES string of the molecule is Cn1ncc2c(N(Cc3cccnc3)C3CC3)ncnc21. The summed E-state index contributed by atoms with van der Waals surface area (Å²) in [5.41, 5.74) is 2.07. The molecule has 1 aliphatic rings. The van der Waals surface area contributed by atoms with Crippen LogP contribution in [0.25, 0.3) is 11.0 Å². The van der Waals surface area contributed by atoms with Gasteiger partial charge in [-0.2, -0.15) is 5.10 Å². The zero-order chi connectivity index (χ0) is 14.2. The number of aromatic nitrogens is 5. The summed E-state index contributed by atoms with van der Waals surface area (Å²) in [6, 6.07) is 4.63. The first kappa shape index (κ1) is 12.3. The van der Waals surface area contributed by atoms with E-state index < -0.39 is 0 Å². The number of hydrogen-bond donors (Lipinski definition) is 0. The molecule has 0 saturated heterocycles. The summed E-state index contributed by atoms with van der Waals surface area (Å²) in [5.74, 6) is 0.972. The fourth-order valence-corrected chi connectivity index (χ4v) is 2.63. The Morgan fingerprint density at radius 1 is 1.29 bits per heavy atom. The molecule has 0 bridgehead atoms. The van der Waals surface area contributed by atoms with Crippen molar-refractivity contribution in [3.05, 3.63) is 42.6 Å². The molecule has 0 unspecified atom stereocenters. The quantitative estimate of drug-likeness (QED) is 0.731. The van der Waals surface area contributed by atoms with Crippen LogP contribution >= 0.6 is 0 Å². The number of nitrogens with zero attached hydrogens (tertiary/aromatic N) is 6. The van der Waals surface area contributed by atoms with Crippen LogP contribution in [0.3, 0.4) is 0 Å². The Morgan fingerprint density at radius 3 is 2.95 bits per heavy atom. The van der Waals surface area contributed by atoms with Gasteiger partial charge in [-0.3, -0.25) is 9.67 Å². The van der Waals surface area contributed by atoms with Gasteiger partial charge in [-0.1, -0.05) is 6.07 Å². The molecule has 4 rings (SSSR count). The number of fused-ring (bicyclic) bond motifs is 1. The molecule has 1 saturated carbocycles. The van der Waals surface area contributed by atoms with Crippen molar-refractivity contribution in [2.24, 2.45) is 7.05 Å². The molecule has 0 aromatic carbocycles. The predicted octanol–water partition coefficient (Wildman–Crippen LogP) is 1.93. The first-order valence-corrected chi connectivity index (χ1v) is 7.11. The molecule has 0 spiro atoms. The number of aryl methyl sites for hydroxylation is 1. The highest BCUT2D eigenvalue weighted by molar-refractivity contribution is 5.86. The Kier molecular flexibility index (Phi) is 2.80. The first-order valence-electron chi connectivity index (χ1n) is 7.11. The molecule has 3 heterocycles. The summed E-state index contributed by atoms with van der Waals surface area (Å²) in [6.07, 6.45) is 9.62. The van der Waals surface area contributed by atoms with Gasteiger partial charge in [0.05, 0.1) is 11.6 Å². The molecule has 3 aromatic rings. The second kappa shape index (κ2) is 4.80. The van der Waals surface area contributed by atoms with Crippen LogP contribution in [0.5, 0.6) is 0 Å². The van der Waals surface area contributed by atoms with Crippen LogP contribution < -0.4 is 4.90 Å². The van der Waals surface area contributed by atoms with Crippen molar-refractivity contribution < 1.29 is 0 Å². The highest BCUT2D eigenvalue weighted by Crippen LogP contribution is 2.34. The van der Waals surface area contributed by atoms with Gasteiger partial charge in [-0.25, -0.2) is 9.97 Å². The number of hydrogen-bond acceptors (Lipinski definition) is 5. The van der Waals surface area contributed by atoms with Crippen molar-refractivity contribution in [2.45, 2.75) is 25.4 Å². The van der Waals surface area contributed by atoms with E-state index in [1.807, 2.05) is 25.5 Å². The Bertz CT molecular complexity index is 762. The van der Waals surface area contributed by atoms with E-state index in [2.05, 4.69) is 31.0 Å². The van der Waals surface area contributed by atoms with Crippen LogP contribution in [-0.2, 0) is 13.6 Å². The molecule has 21 heavy (non-hydrogen) atoms. The van der Waals surface area contributed by atoms with Crippen molar-refractivity contribution in [3.63, 3.8) is 0 Å². The number of pyridine rings is 1. The first-order chi connectivity index (χ1) is 10.3. The summed E-state index contributed by atoms with van der Waals surface area (Å²) in [7, 11) is 1.90. The van der Waals surface area contributed by atoms with Gasteiger partial charge in [0.25, 0.3) is 0 Å². The van der Waals surface area contributed by atoms with E-state index in [4.69, 9.17) is 0 Å². The van der Waals surface area contributed by atoms with Gasteiger partial charge in [0.2, 0.25) is 0 Å². The van der Waals surface area contributed by atoms with Crippen LogP contribution in [0.15, 0.2) is 37.1 Å². The van der Waals surface area contributed by atoms with Gasteiger partial charge in [0, 0.05) is 32.0 Å². The maximum Gasteiger partial charge on any atom is 0.163 e. The third kappa shape index (κ3) is 2.22. The fraction of sp³-hybridized carbons (Fsp3) is 0.333. The topological polar surface area (TPSA) is 59.7 Å². The van der Waals surface area contributed by atoms with Gasteiger partial charge < -0.3 is 4.90 Å². The van der Waals surface area contributed by atoms with E-state index in [9.17, 15) is 0 Å². The van der Waals surface area contributed by atoms with Gasteiger partial charge in [0.15, 0.2) is 5.65 Å². The monoisotopic (exact) mass is 280 g/mol. The summed E-state index contributed by atoms with van der Waals surface area (Å²) in [5, 5.41) is 5.31. The number of anilines is 1. The van der Waals surface area contributed by atoms with Crippen molar-refractivity contribution in [1.82, 2.24) is 24.7 Å². The largest absolute Gasteiger partial charge is 0.349 e. The van der Waals surface area contributed by atoms with Gasteiger partial charge in [-0.15, -0.1) is 0 Å². The Balaban J connectivity index is 1.76. The molecule has 1 fully saturated rings. The molecule has 3 aromatic heterocycles. The standard InChI is InChI=1S/C15H16N6/c1-20-14-13(8-19-20)15(18-10-17-14)21(12-4-5-12)9-11-3-2-6-16-7-11/h2-3,6-8,10,12H,4-5,9H2,1H3. The summed E-state index contributed by atoms with van der Waals surface area (Å²) >= 11 is 0. The lowest BCUT2D eigenvalue weighted by molar-refractivity contribution is 0.773. The maximum absolute atomic E-state index is 4.52. The van der Waals surface area contributed by atoms with E-state index in [-0.39, 0.29) is 0 Å². The van der Waals surface area contributed by atoms with Gasteiger partial charge in [0.1, 0.15) is 12.1 Å². The van der Waals surface area contributed by atoms with Crippen LogP contribution in [0.2, 0.25) is 0 Å². The third-order valence-corrected chi connectivity index (χ3v) is 3.84. The average molecular weight is 280 g/mol. The molecule has 106 valence electrons. The number of rotatable bonds is 4. The fourth-order valence-electron chi connectivity index (χ4n) is 2.63. The van der Waals surface area contributed by atoms with Crippen LogP contribution in [0.4, 0.5) is 5.82 Å². The lowest BCUT2D eigenvalue weighted by Crippen LogP contribution is -2.26. The zero-order valence-electron chi connectivity index (χ0n) is 11.8. The molecule has 6 heteroatoms. The Hall–Kier alpha value is -2.50. The second-order valence-electron chi connectivity index (χ2n) is 5.42. The normalized spacial score (nSPS) is 14.5. The van der Waals surface area contributed by atoms with E-state index >= 15 is 0 Å². The third-order valence-electron chi connectivity index (χ3n) is 3.84. The van der Waals surface area contributed by atoms with Crippen LogP contribution in [-0.4, -0.2) is 30.8 Å².